The maximum absolute atomic E-state index is 11.1. The molecule has 1 amide bonds. The topological polar surface area (TPSA) is 67.2 Å². The zero-order valence-corrected chi connectivity index (χ0v) is 20.5. The van der Waals surface area contributed by atoms with Gasteiger partial charge in [0.05, 0.1) is 17.6 Å². The van der Waals surface area contributed by atoms with Crippen LogP contribution in [0.4, 0.5) is 0 Å². The molecule has 0 bridgehead atoms. The zero-order chi connectivity index (χ0) is 24.1. The minimum atomic E-state index is -0.549. The van der Waals surface area contributed by atoms with Crippen LogP contribution in [0.2, 0.25) is 0 Å². The number of nitrogens with one attached hydrogen (secondary N) is 1. The molecule has 0 atom stereocenters. The molecule has 0 spiro atoms. The second-order valence-electron chi connectivity index (χ2n) is 9.26. The summed E-state index contributed by atoms with van der Waals surface area (Å²) >= 11 is 1.72. The molecule has 0 aliphatic heterocycles. The number of hydroxylamine groups is 1. The van der Waals surface area contributed by atoms with Crippen LogP contribution in [0.1, 0.15) is 43.0 Å². The first-order valence-corrected chi connectivity index (χ1v) is 12.2. The van der Waals surface area contributed by atoms with Gasteiger partial charge in [-0.2, -0.15) is 0 Å². The van der Waals surface area contributed by atoms with E-state index in [9.17, 15) is 4.79 Å². The van der Waals surface area contributed by atoms with E-state index in [0.29, 0.717) is 0 Å². The summed E-state index contributed by atoms with van der Waals surface area (Å²) in [5, 5.41) is 9.58. The van der Waals surface area contributed by atoms with Crippen LogP contribution in [0.5, 0.6) is 0 Å². The molecule has 0 saturated heterocycles. The third-order valence-electron chi connectivity index (χ3n) is 5.67. The molecule has 0 saturated carbocycles. The summed E-state index contributed by atoms with van der Waals surface area (Å²) in [5.41, 5.74) is 8.50. The normalized spacial score (nSPS) is 11.9. The van der Waals surface area contributed by atoms with Crippen molar-refractivity contribution in [3.8, 4) is 0 Å². The van der Waals surface area contributed by atoms with E-state index in [1.165, 1.54) is 22.8 Å². The van der Waals surface area contributed by atoms with Gasteiger partial charge in [-0.1, -0.05) is 93.2 Å². The van der Waals surface area contributed by atoms with Gasteiger partial charge in [0.25, 0.3) is 5.91 Å². The average Bonchev–Trinajstić information content (AvgIpc) is 3.19. The van der Waals surface area contributed by atoms with Crippen LogP contribution >= 0.6 is 11.8 Å². The van der Waals surface area contributed by atoms with Crippen molar-refractivity contribution in [2.75, 3.05) is 0 Å². The molecule has 0 fully saturated rings. The first-order chi connectivity index (χ1) is 16.3. The van der Waals surface area contributed by atoms with Crippen molar-refractivity contribution >= 4 is 34.8 Å². The number of thioether (sulfide) groups is 1. The molecule has 4 rings (SSSR count). The quantitative estimate of drug-likeness (QED) is 0.146. The predicted molar refractivity (Wildman–Crippen MR) is 139 cm³/mol. The summed E-state index contributed by atoms with van der Waals surface area (Å²) in [7, 11) is 0. The van der Waals surface area contributed by atoms with E-state index in [1.54, 1.807) is 23.3 Å². The molecular formula is C28H29N3O2S. The second-order valence-corrected chi connectivity index (χ2v) is 10.2. The van der Waals surface area contributed by atoms with Crippen LogP contribution < -0.4 is 5.48 Å². The van der Waals surface area contributed by atoms with Crippen molar-refractivity contribution in [1.82, 2.24) is 15.0 Å². The van der Waals surface area contributed by atoms with E-state index in [4.69, 9.17) is 10.2 Å². The van der Waals surface area contributed by atoms with Gasteiger partial charge >= 0.3 is 0 Å². The number of hydrogen-bond acceptors (Lipinski definition) is 4. The molecule has 0 aliphatic carbocycles. The van der Waals surface area contributed by atoms with E-state index in [0.717, 1.165) is 34.1 Å². The number of fused-ring (bicyclic) bond motifs is 1. The smallest absolute Gasteiger partial charge is 0.267 e. The Morgan fingerprint density at radius 3 is 2.35 bits per heavy atom. The third kappa shape index (κ3) is 5.76. The Morgan fingerprint density at radius 1 is 1.00 bits per heavy atom. The number of amides is 1. The predicted octanol–water partition coefficient (Wildman–Crippen LogP) is 6.19. The van der Waals surface area contributed by atoms with Crippen LogP contribution in [0.25, 0.3) is 17.1 Å². The lowest BCUT2D eigenvalue weighted by molar-refractivity contribution is -0.124. The zero-order valence-electron chi connectivity index (χ0n) is 19.7. The Morgan fingerprint density at radius 2 is 1.68 bits per heavy atom. The minimum absolute atomic E-state index is 0.137. The van der Waals surface area contributed by atoms with Crippen molar-refractivity contribution in [1.29, 1.82) is 0 Å². The van der Waals surface area contributed by atoms with Crippen LogP contribution in [0.3, 0.4) is 0 Å². The lowest BCUT2D eigenvalue weighted by Crippen LogP contribution is -2.14. The molecule has 0 radical (unpaired) electrons. The number of para-hydroxylation sites is 2. The summed E-state index contributed by atoms with van der Waals surface area (Å²) < 4.78 is 2.29. The molecule has 0 aliphatic rings. The molecule has 1 aromatic heterocycles. The fourth-order valence-electron chi connectivity index (χ4n) is 3.69. The third-order valence-corrected chi connectivity index (χ3v) is 6.71. The Labute approximate surface area is 204 Å². The molecule has 0 unspecified atom stereocenters. The number of benzene rings is 3. The van der Waals surface area contributed by atoms with Crippen LogP contribution in [0.15, 0.2) is 84.0 Å². The second kappa shape index (κ2) is 10.3. The fraction of sp³-hybridized carbons (Fsp3) is 0.214. The maximum Gasteiger partial charge on any atom is 0.267 e. The standard InChI is InChI=1S/C28H29N3O2S/c1-28(2,3)23-15-12-21(13-16-23)18-31-25-7-5-4-6-24(25)29-27(31)34-19-22-10-8-20(9-11-22)14-17-26(32)30-33/h4-17,33H,18-19H2,1-3H3,(H,30,32)/b17-14+. The van der Waals surface area contributed by atoms with Gasteiger partial charge in [-0.15, -0.1) is 0 Å². The molecule has 2 N–H and O–H groups in total. The van der Waals surface area contributed by atoms with Crippen molar-refractivity contribution in [2.45, 2.75) is 43.6 Å². The molecule has 1 heterocycles. The fourth-order valence-corrected chi connectivity index (χ4v) is 4.66. The Kier molecular flexibility index (Phi) is 7.20. The molecule has 174 valence electrons. The van der Waals surface area contributed by atoms with Crippen molar-refractivity contribution in [2.24, 2.45) is 0 Å². The van der Waals surface area contributed by atoms with Crippen LogP contribution in [-0.2, 0) is 22.5 Å². The monoisotopic (exact) mass is 471 g/mol. The van der Waals surface area contributed by atoms with Crippen LogP contribution in [-0.4, -0.2) is 20.7 Å². The van der Waals surface area contributed by atoms with Crippen molar-refractivity contribution < 1.29 is 10.0 Å². The highest BCUT2D eigenvalue weighted by Gasteiger charge is 2.15. The van der Waals surface area contributed by atoms with Gasteiger partial charge in [-0.3, -0.25) is 10.0 Å². The van der Waals surface area contributed by atoms with Gasteiger partial charge in [-0.25, -0.2) is 10.5 Å². The number of imidazole rings is 1. The number of aromatic nitrogens is 2. The summed E-state index contributed by atoms with van der Waals surface area (Å²) in [6.07, 6.45) is 2.95. The van der Waals surface area contributed by atoms with Crippen molar-refractivity contribution in [3.05, 3.63) is 101 Å². The molecule has 5 nitrogen and oxygen atoms in total. The highest BCUT2D eigenvalue weighted by Crippen LogP contribution is 2.29. The SMILES string of the molecule is CC(C)(C)c1ccc(Cn2c(SCc3ccc(/C=C/C(=O)NO)cc3)nc3ccccc32)cc1. The average molecular weight is 472 g/mol. The summed E-state index contributed by atoms with van der Waals surface area (Å²) in [4.78, 5) is 16.1. The highest BCUT2D eigenvalue weighted by molar-refractivity contribution is 7.98. The Balaban J connectivity index is 1.52. The van der Waals surface area contributed by atoms with Gasteiger partial charge < -0.3 is 4.57 Å². The number of carbonyl (C=O) groups excluding carboxylic acids is 1. The van der Waals surface area contributed by atoms with Gasteiger partial charge in [0.2, 0.25) is 0 Å². The number of nitrogens with zero attached hydrogens (tertiary/aromatic N) is 2. The summed E-state index contributed by atoms with van der Waals surface area (Å²) in [6, 6.07) is 25.1. The molecule has 4 aromatic rings. The molecular weight excluding hydrogens is 442 g/mol. The maximum atomic E-state index is 11.1. The van der Waals surface area contributed by atoms with Gasteiger partial charge in [0.15, 0.2) is 5.16 Å². The Bertz CT molecular complexity index is 1300. The molecule has 34 heavy (non-hydrogen) atoms. The first kappa shape index (κ1) is 23.8. The largest absolute Gasteiger partial charge is 0.314 e. The van der Waals surface area contributed by atoms with Gasteiger partial charge in [0, 0.05) is 11.8 Å². The van der Waals surface area contributed by atoms with Crippen molar-refractivity contribution in [3.63, 3.8) is 0 Å². The van der Waals surface area contributed by atoms with E-state index in [-0.39, 0.29) is 5.41 Å². The summed E-state index contributed by atoms with van der Waals surface area (Å²) in [6.45, 7) is 7.46. The number of carbonyl (C=O) groups is 1. The van der Waals surface area contributed by atoms with E-state index < -0.39 is 5.91 Å². The van der Waals surface area contributed by atoms with Crippen LogP contribution in [0, 0.1) is 0 Å². The van der Waals surface area contributed by atoms with E-state index >= 15 is 0 Å². The minimum Gasteiger partial charge on any atom is -0.314 e. The lowest BCUT2D eigenvalue weighted by Gasteiger charge is -2.19. The molecule has 6 heteroatoms. The molecule has 3 aromatic carbocycles. The highest BCUT2D eigenvalue weighted by atomic mass is 32.2. The van der Waals surface area contributed by atoms with E-state index in [2.05, 4.69) is 67.8 Å². The number of hydrogen-bond donors (Lipinski definition) is 2. The number of rotatable bonds is 7. The lowest BCUT2D eigenvalue weighted by atomic mass is 9.87. The van der Waals surface area contributed by atoms with E-state index in [1.807, 2.05) is 30.3 Å². The first-order valence-electron chi connectivity index (χ1n) is 11.2. The Hall–Kier alpha value is -3.35. The van der Waals surface area contributed by atoms with Gasteiger partial charge in [0.1, 0.15) is 0 Å². The van der Waals surface area contributed by atoms with Gasteiger partial charge in [-0.05, 0) is 45.9 Å². The summed E-state index contributed by atoms with van der Waals surface area (Å²) in [5.74, 6) is 0.236.